The summed E-state index contributed by atoms with van der Waals surface area (Å²) in [6, 6.07) is 0.163. The molecule has 4 nitrogen and oxygen atoms in total. The van der Waals surface area contributed by atoms with Crippen molar-refractivity contribution in [1.29, 1.82) is 0 Å². The SMILES string of the molecule is COCCC(C)C(N)C(C)(C)N1CCOCC1. The Bertz CT molecular complexity index is 215. The molecule has 102 valence electrons. The molecular formula is C13H28N2O2. The molecule has 0 amide bonds. The van der Waals surface area contributed by atoms with Crippen LogP contribution in [-0.4, -0.2) is 56.5 Å². The van der Waals surface area contributed by atoms with E-state index in [1.165, 1.54) is 0 Å². The van der Waals surface area contributed by atoms with Crippen molar-refractivity contribution in [2.45, 2.75) is 38.8 Å². The normalized spacial score (nSPS) is 22.4. The summed E-state index contributed by atoms with van der Waals surface area (Å²) in [6.45, 7) is 11.1. The average Bonchev–Trinajstić information content (AvgIpc) is 2.36. The van der Waals surface area contributed by atoms with Crippen LogP contribution in [0.15, 0.2) is 0 Å². The maximum Gasteiger partial charge on any atom is 0.0594 e. The van der Waals surface area contributed by atoms with Crippen LogP contribution in [0.25, 0.3) is 0 Å². The Kier molecular flexibility index (Phi) is 5.86. The lowest BCUT2D eigenvalue weighted by atomic mass is 9.83. The van der Waals surface area contributed by atoms with Gasteiger partial charge in [-0.1, -0.05) is 6.92 Å². The molecule has 0 aliphatic carbocycles. The van der Waals surface area contributed by atoms with Crippen LogP contribution in [0.1, 0.15) is 27.2 Å². The number of ether oxygens (including phenoxy) is 2. The molecule has 0 aromatic carbocycles. The molecule has 0 saturated carbocycles. The smallest absolute Gasteiger partial charge is 0.0594 e. The molecule has 0 spiro atoms. The van der Waals surface area contributed by atoms with Crippen LogP contribution in [0.4, 0.5) is 0 Å². The first kappa shape index (κ1) is 14.9. The molecular weight excluding hydrogens is 216 g/mol. The van der Waals surface area contributed by atoms with E-state index in [1.807, 2.05) is 0 Å². The zero-order valence-electron chi connectivity index (χ0n) is 11.7. The van der Waals surface area contributed by atoms with Crippen LogP contribution in [0, 0.1) is 5.92 Å². The van der Waals surface area contributed by atoms with Crippen LogP contribution in [-0.2, 0) is 9.47 Å². The lowest BCUT2D eigenvalue weighted by Crippen LogP contribution is -2.61. The van der Waals surface area contributed by atoms with Crippen molar-refractivity contribution < 1.29 is 9.47 Å². The topological polar surface area (TPSA) is 47.7 Å². The van der Waals surface area contributed by atoms with Crippen LogP contribution < -0.4 is 5.73 Å². The Balaban J connectivity index is 2.54. The van der Waals surface area contributed by atoms with E-state index in [9.17, 15) is 0 Å². The number of nitrogens with zero attached hydrogens (tertiary/aromatic N) is 1. The van der Waals surface area contributed by atoms with Crippen LogP contribution >= 0.6 is 0 Å². The Morgan fingerprint density at radius 3 is 2.47 bits per heavy atom. The van der Waals surface area contributed by atoms with Gasteiger partial charge < -0.3 is 15.2 Å². The minimum absolute atomic E-state index is 0.0247. The first-order valence-electron chi connectivity index (χ1n) is 6.57. The molecule has 1 heterocycles. The summed E-state index contributed by atoms with van der Waals surface area (Å²) in [4.78, 5) is 2.45. The minimum atomic E-state index is 0.0247. The van der Waals surface area contributed by atoms with Crippen molar-refractivity contribution in [3.05, 3.63) is 0 Å². The highest BCUT2D eigenvalue weighted by molar-refractivity contribution is 4.94. The first-order valence-corrected chi connectivity index (χ1v) is 6.57. The second-order valence-corrected chi connectivity index (χ2v) is 5.54. The van der Waals surface area contributed by atoms with Gasteiger partial charge in [0.25, 0.3) is 0 Å². The van der Waals surface area contributed by atoms with Gasteiger partial charge in [0.15, 0.2) is 0 Å². The summed E-state index contributed by atoms with van der Waals surface area (Å²) in [5.74, 6) is 0.466. The number of morpholine rings is 1. The van der Waals surface area contributed by atoms with E-state index in [2.05, 4.69) is 25.7 Å². The second-order valence-electron chi connectivity index (χ2n) is 5.54. The average molecular weight is 244 g/mol. The molecule has 0 aromatic rings. The Morgan fingerprint density at radius 1 is 1.35 bits per heavy atom. The van der Waals surface area contributed by atoms with Gasteiger partial charge in [0.1, 0.15) is 0 Å². The quantitative estimate of drug-likeness (QED) is 0.760. The van der Waals surface area contributed by atoms with E-state index in [0.717, 1.165) is 39.3 Å². The number of hydrogen-bond acceptors (Lipinski definition) is 4. The van der Waals surface area contributed by atoms with Gasteiger partial charge in [0.05, 0.1) is 13.2 Å². The van der Waals surface area contributed by atoms with Gasteiger partial charge >= 0.3 is 0 Å². The summed E-state index contributed by atoms with van der Waals surface area (Å²) < 4.78 is 10.5. The van der Waals surface area contributed by atoms with Gasteiger partial charge in [-0.2, -0.15) is 0 Å². The predicted octanol–water partition coefficient (Wildman–Crippen LogP) is 1.10. The molecule has 0 aromatic heterocycles. The monoisotopic (exact) mass is 244 g/mol. The maximum absolute atomic E-state index is 6.43. The molecule has 1 fully saturated rings. The molecule has 0 radical (unpaired) electrons. The number of rotatable bonds is 6. The van der Waals surface area contributed by atoms with E-state index in [4.69, 9.17) is 15.2 Å². The van der Waals surface area contributed by atoms with E-state index in [0.29, 0.717) is 5.92 Å². The highest BCUT2D eigenvalue weighted by Gasteiger charge is 2.36. The van der Waals surface area contributed by atoms with Crippen LogP contribution in [0.3, 0.4) is 0 Å². The van der Waals surface area contributed by atoms with Gasteiger partial charge in [0.2, 0.25) is 0 Å². The lowest BCUT2D eigenvalue weighted by Gasteiger charge is -2.46. The van der Waals surface area contributed by atoms with Crippen molar-refractivity contribution >= 4 is 0 Å². The summed E-state index contributed by atoms with van der Waals surface area (Å²) in [5, 5.41) is 0. The predicted molar refractivity (Wildman–Crippen MR) is 70.1 cm³/mol. The Hall–Kier alpha value is -0.160. The van der Waals surface area contributed by atoms with Crippen molar-refractivity contribution in [3.8, 4) is 0 Å². The van der Waals surface area contributed by atoms with Crippen LogP contribution in [0.2, 0.25) is 0 Å². The highest BCUT2D eigenvalue weighted by Crippen LogP contribution is 2.25. The molecule has 4 heteroatoms. The molecule has 1 aliphatic heterocycles. The molecule has 1 aliphatic rings. The lowest BCUT2D eigenvalue weighted by molar-refractivity contribution is -0.0262. The van der Waals surface area contributed by atoms with E-state index >= 15 is 0 Å². The maximum atomic E-state index is 6.43. The summed E-state index contributed by atoms with van der Waals surface area (Å²) >= 11 is 0. The summed E-state index contributed by atoms with van der Waals surface area (Å²) in [7, 11) is 1.74. The van der Waals surface area contributed by atoms with Crippen molar-refractivity contribution in [1.82, 2.24) is 4.90 Å². The largest absolute Gasteiger partial charge is 0.385 e. The zero-order chi connectivity index (χ0) is 12.9. The number of methoxy groups -OCH3 is 1. The van der Waals surface area contributed by atoms with E-state index in [1.54, 1.807) is 7.11 Å². The van der Waals surface area contributed by atoms with Gasteiger partial charge in [-0.3, -0.25) is 4.90 Å². The third-order valence-corrected chi connectivity index (χ3v) is 4.03. The summed E-state index contributed by atoms with van der Waals surface area (Å²) in [5.41, 5.74) is 6.45. The zero-order valence-corrected chi connectivity index (χ0v) is 11.7. The molecule has 1 rings (SSSR count). The Labute approximate surface area is 105 Å². The highest BCUT2D eigenvalue weighted by atomic mass is 16.5. The van der Waals surface area contributed by atoms with Gasteiger partial charge in [-0.25, -0.2) is 0 Å². The molecule has 1 saturated heterocycles. The third kappa shape index (κ3) is 3.91. The van der Waals surface area contributed by atoms with Gasteiger partial charge in [-0.05, 0) is 26.2 Å². The standard InChI is InChI=1S/C13H28N2O2/c1-11(5-8-16-4)12(14)13(2,3)15-6-9-17-10-7-15/h11-12H,5-10,14H2,1-4H3. The van der Waals surface area contributed by atoms with Crippen molar-refractivity contribution in [3.63, 3.8) is 0 Å². The van der Waals surface area contributed by atoms with Crippen LogP contribution in [0.5, 0.6) is 0 Å². The Morgan fingerprint density at radius 2 is 1.94 bits per heavy atom. The fourth-order valence-corrected chi connectivity index (χ4v) is 2.53. The molecule has 2 atom stereocenters. The fourth-order valence-electron chi connectivity index (χ4n) is 2.53. The van der Waals surface area contributed by atoms with Crippen molar-refractivity contribution in [2.75, 3.05) is 40.0 Å². The van der Waals surface area contributed by atoms with Crippen molar-refractivity contribution in [2.24, 2.45) is 11.7 Å². The molecule has 17 heavy (non-hydrogen) atoms. The minimum Gasteiger partial charge on any atom is -0.385 e. The molecule has 2 N–H and O–H groups in total. The number of nitrogens with two attached hydrogens (primary N) is 1. The summed E-state index contributed by atoms with van der Waals surface area (Å²) in [6.07, 6.45) is 1.02. The van der Waals surface area contributed by atoms with E-state index < -0.39 is 0 Å². The molecule has 0 bridgehead atoms. The fraction of sp³-hybridized carbons (Fsp3) is 1.00. The third-order valence-electron chi connectivity index (χ3n) is 4.03. The second kappa shape index (κ2) is 6.69. The van der Waals surface area contributed by atoms with E-state index in [-0.39, 0.29) is 11.6 Å². The first-order chi connectivity index (χ1) is 8.00. The molecule has 2 unspecified atom stereocenters. The van der Waals surface area contributed by atoms with Gasteiger partial charge in [-0.15, -0.1) is 0 Å². The number of hydrogen-bond donors (Lipinski definition) is 1. The van der Waals surface area contributed by atoms with Gasteiger partial charge in [0, 0.05) is 38.4 Å².